The smallest absolute Gasteiger partial charge is 0.292 e. The van der Waals surface area contributed by atoms with E-state index in [9.17, 15) is 14.9 Å². The lowest BCUT2D eigenvalue weighted by Crippen LogP contribution is -2.13. The minimum Gasteiger partial charge on any atom is -0.496 e. The number of nitro benzene ring substituents is 1. The largest absolute Gasteiger partial charge is 0.496 e. The fourth-order valence-electron chi connectivity index (χ4n) is 2.86. The molecule has 7 heteroatoms. The molecule has 0 saturated heterocycles. The van der Waals surface area contributed by atoms with Crippen LogP contribution in [0.5, 0.6) is 5.75 Å². The Bertz CT molecular complexity index is 1020. The Balaban J connectivity index is 1.84. The Morgan fingerprint density at radius 3 is 2.54 bits per heavy atom. The van der Waals surface area contributed by atoms with Crippen LogP contribution in [0.3, 0.4) is 0 Å². The molecule has 3 rings (SSSR count). The van der Waals surface area contributed by atoms with Gasteiger partial charge in [-0.15, -0.1) is 0 Å². The van der Waals surface area contributed by atoms with Crippen molar-refractivity contribution in [2.24, 2.45) is 0 Å². The van der Waals surface area contributed by atoms with Gasteiger partial charge in [0.05, 0.1) is 12.0 Å². The lowest BCUT2D eigenvalue weighted by Gasteiger charge is -2.12. The van der Waals surface area contributed by atoms with Crippen LogP contribution in [0.25, 0.3) is 0 Å². The number of nitrogens with one attached hydrogen (secondary N) is 1. The van der Waals surface area contributed by atoms with E-state index in [0.29, 0.717) is 17.9 Å². The van der Waals surface area contributed by atoms with Crippen LogP contribution in [-0.2, 0) is 6.42 Å². The summed E-state index contributed by atoms with van der Waals surface area (Å²) in [6, 6.07) is 19.2. The molecule has 0 aromatic heterocycles. The number of methoxy groups -OCH3 is 1. The Labute approximate surface area is 161 Å². The predicted molar refractivity (Wildman–Crippen MR) is 108 cm³/mol. The van der Waals surface area contributed by atoms with E-state index in [-0.39, 0.29) is 16.9 Å². The lowest BCUT2D eigenvalue weighted by atomic mass is 10.0. The van der Waals surface area contributed by atoms with Crippen molar-refractivity contribution < 1.29 is 14.5 Å². The van der Waals surface area contributed by atoms with Gasteiger partial charge in [0.25, 0.3) is 11.6 Å². The van der Waals surface area contributed by atoms with Gasteiger partial charge in [0.2, 0.25) is 0 Å². The maximum atomic E-state index is 12.5. The number of carbonyl (C=O) groups excluding carboxylic acids is 1. The van der Waals surface area contributed by atoms with E-state index in [2.05, 4.69) is 5.32 Å². The summed E-state index contributed by atoms with van der Waals surface area (Å²) >= 11 is 0. The number of nitrogens with zero attached hydrogens (tertiary/aromatic N) is 1. The highest BCUT2D eigenvalue weighted by molar-refractivity contribution is 6.05. The van der Waals surface area contributed by atoms with E-state index in [1.54, 1.807) is 19.2 Å². The minimum absolute atomic E-state index is 0.0103. The molecule has 7 nitrogen and oxygen atoms in total. The number of ether oxygens (including phenoxy) is 1. The molecule has 3 aromatic rings. The molecule has 0 heterocycles. The molecule has 1 amide bonds. The summed E-state index contributed by atoms with van der Waals surface area (Å²) in [5.41, 5.74) is 8.03. The predicted octanol–water partition coefficient (Wildman–Crippen LogP) is 4.03. The summed E-state index contributed by atoms with van der Waals surface area (Å²) in [5.74, 6) is 0.254. The van der Waals surface area contributed by atoms with Crippen molar-refractivity contribution in [1.29, 1.82) is 0 Å². The van der Waals surface area contributed by atoms with Gasteiger partial charge in [-0.1, -0.05) is 30.3 Å². The quantitative estimate of drug-likeness (QED) is 0.383. The van der Waals surface area contributed by atoms with Crippen molar-refractivity contribution in [1.82, 2.24) is 0 Å². The second kappa shape index (κ2) is 8.22. The summed E-state index contributed by atoms with van der Waals surface area (Å²) in [5, 5.41) is 13.8. The van der Waals surface area contributed by atoms with Crippen LogP contribution >= 0.6 is 0 Å². The second-order valence-electron chi connectivity index (χ2n) is 6.17. The van der Waals surface area contributed by atoms with Crippen molar-refractivity contribution >= 4 is 23.0 Å². The number of amides is 1. The Hall–Kier alpha value is -3.87. The summed E-state index contributed by atoms with van der Waals surface area (Å²) in [4.78, 5) is 22.9. The minimum atomic E-state index is -0.614. The SMILES string of the molecule is COc1ccc(NC(=O)c2ccc(N)c([N+](=O)[O-])c2)cc1Cc1ccccc1. The maximum Gasteiger partial charge on any atom is 0.292 e. The van der Waals surface area contributed by atoms with E-state index >= 15 is 0 Å². The van der Waals surface area contributed by atoms with Crippen LogP contribution < -0.4 is 15.8 Å². The molecular weight excluding hydrogens is 358 g/mol. The average molecular weight is 377 g/mol. The zero-order valence-electron chi connectivity index (χ0n) is 15.2. The third-order valence-corrected chi connectivity index (χ3v) is 4.26. The number of nitro groups is 1. The van der Waals surface area contributed by atoms with Crippen LogP contribution in [0.4, 0.5) is 17.1 Å². The fraction of sp³-hybridized carbons (Fsp3) is 0.0952. The molecule has 0 saturated carbocycles. The topological polar surface area (TPSA) is 107 Å². The number of nitrogen functional groups attached to an aromatic ring is 1. The number of nitrogens with two attached hydrogens (primary N) is 1. The van der Waals surface area contributed by atoms with Crippen LogP contribution in [0.1, 0.15) is 21.5 Å². The third-order valence-electron chi connectivity index (χ3n) is 4.26. The highest BCUT2D eigenvalue weighted by Crippen LogP contribution is 2.27. The van der Waals surface area contributed by atoms with Gasteiger partial charge in [-0.3, -0.25) is 14.9 Å². The molecule has 0 aliphatic rings. The normalized spacial score (nSPS) is 10.3. The monoisotopic (exact) mass is 377 g/mol. The molecule has 0 atom stereocenters. The van der Waals surface area contributed by atoms with Gasteiger partial charge in [-0.25, -0.2) is 0 Å². The van der Waals surface area contributed by atoms with Crippen molar-refractivity contribution in [3.8, 4) is 5.75 Å². The highest BCUT2D eigenvalue weighted by Gasteiger charge is 2.16. The molecule has 0 aliphatic heterocycles. The first-order valence-corrected chi connectivity index (χ1v) is 8.54. The summed E-state index contributed by atoms with van der Waals surface area (Å²) in [7, 11) is 1.59. The molecule has 142 valence electrons. The van der Waals surface area contributed by atoms with Crippen molar-refractivity contribution in [2.45, 2.75) is 6.42 Å². The Kier molecular flexibility index (Phi) is 5.55. The van der Waals surface area contributed by atoms with Crippen molar-refractivity contribution in [3.63, 3.8) is 0 Å². The third kappa shape index (κ3) is 4.27. The number of hydrogen-bond acceptors (Lipinski definition) is 5. The Morgan fingerprint density at radius 1 is 1.11 bits per heavy atom. The summed E-state index contributed by atoms with van der Waals surface area (Å²) < 4.78 is 5.42. The molecule has 0 aliphatic carbocycles. The molecule has 28 heavy (non-hydrogen) atoms. The second-order valence-corrected chi connectivity index (χ2v) is 6.17. The first-order chi connectivity index (χ1) is 13.5. The Morgan fingerprint density at radius 2 is 1.86 bits per heavy atom. The molecule has 0 unspecified atom stereocenters. The molecule has 3 N–H and O–H groups in total. The first kappa shape index (κ1) is 18.9. The van der Waals surface area contributed by atoms with E-state index < -0.39 is 10.8 Å². The highest BCUT2D eigenvalue weighted by atomic mass is 16.6. The number of hydrogen-bond donors (Lipinski definition) is 2. The maximum absolute atomic E-state index is 12.5. The van der Waals surface area contributed by atoms with Gasteiger partial charge >= 0.3 is 0 Å². The number of carbonyl (C=O) groups is 1. The summed E-state index contributed by atoms with van der Waals surface area (Å²) in [6.07, 6.45) is 0.640. The molecule has 3 aromatic carbocycles. The number of rotatable bonds is 6. The van der Waals surface area contributed by atoms with Crippen molar-refractivity contribution in [2.75, 3.05) is 18.2 Å². The molecule has 0 radical (unpaired) electrons. The van der Waals surface area contributed by atoms with E-state index in [1.807, 2.05) is 36.4 Å². The van der Waals surface area contributed by atoms with Gasteiger partial charge < -0.3 is 15.8 Å². The fourth-order valence-corrected chi connectivity index (χ4v) is 2.86. The van der Waals surface area contributed by atoms with Gasteiger partial charge in [-0.05, 0) is 35.9 Å². The van der Waals surface area contributed by atoms with Gasteiger partial charge in [0, 0.05) is 29.3 Å². The standard InChI is InChI=1S/C21H19N3O4/c1-28-20-10-8-17(12-16(20)11-14-5-3-2-4-6-14)23-21(25)15-7-9-18(22)19(13-15)24(26)27/h2-10,12-13H,11,22H2,1H3,(H,23,25). The average Bonchev–Trinajstić information content (AvgIpc) is 2.69. The molecule has 0 spiro atoms. The van der Waals surface area contributed by atoms with E-state index in [4.69, 9.17) is 10.5 Å². The molecule has 0 fully saturated rings. The van der Waals surface area contributed by atoms with Gasteiger partial charge in [0.15, 0.2) is 0 Å². The van der Waals surface area contributed by atoms with Crippen LogP contribution in [0.2, 0.25) is 0 Å². The van der Waals surface area contributed by atoms with Gasteiger partial charge in [0.1, 0.15) is 11.4 Å². The first-order valence-electron chi connectivity index (χ1n) is 8.54. The van der Waals surface area contributed by atoms with Crippen LogP contribution in [0, 0.1) is 10.1 Å². The van der Waals surface area contributed by atoms with Crippen LogP contribution in [0.15, 0.2) is 66.7 Å². The lowest BCUT2D eigenvalue weighted by molar-refractivity contribution is -0.383. The molecule has 0 bridgehead atoms. The zero-order chi connectivity index (χ0) is 20.1. The molecular formula is C21H19N3O4. The zero-order valence-corrected chi connectivity index (χ0v) is 15.2. The summed E-state index contributed by atoms with van der Waals surface area (Å²) in [6.45, 7) is 0. The van der Waals surface area contributed by atoms with E-state index in [0.717, 1.165) is 11.1 Å². The van der Waals surface area contributed by atoms with Crippen molar-refractivity contribution in [3.05, 3.63) is 93.5 Å². The van der Waals surface area contributed by atoms with E-state index in [1.165, 1.54) is 18.2 Å². The van der Waals surface area contributed by atoms with Gasteiger partial charge in [-0.2, -0.15) is 0 Å². The number of benzene rings is 3. The number of anilines is 2. The van der Waals surface area contributed by atoms with Crippen LogP contribution in [-0.4, -0.2) is 17.9 Å².